The van der Waals surface area contributed by atoms with E-state index in [9.17, 15) is 0 Å². The van der Waals surface area contributed by atoms with Gasteiger partial charge in [-0.2, -0.15) is 0 Å². The van der Waals surface area contributed by atoms with E-state index in [1.54, 1.807) is 0 Å². The van der Waals surface area contributed by atoms with Crippen LogP contribution < -0.4 is 5.32 Å². The molecule has 98 valence electrons. The molecule has 0 aromatic heterocycles. The van der Waals surface area contributed by atoms with Gasteiger partial charge in [-0.05, 0) is 41.8 Å². The average molecular weight is 251 g/mol. The molecule has 2 aromatic rings. The van der Waals surface area contributed by atoms with Crippen LogP contribution >= 0.6 is 0 Å². The lowest BCUT2D eigenvalue weighted by Crippen LogP contribution is -2.21. The lowest BCUT2D eigenvalue weighted by Gasteiger charge is -2.18. The summed E-state index contributed by atoms with van der Waals surface area (Å²) < 4.78 is 0. The van der Waals surface area contributed by atoms with Crippen LogP contribution in [0.4, 0.5) is 0 Å². The number of hydrogen-bond acceptors (Lipinski definition) is 1. The molecule has 0 heterocycles. The molecule has 0 saturated carbocycles. The van der Waals surface area contributed by atoms with Gasteiger partial charge in [-0.25, -0.2) is 0 Å². The highest BCUT2D eigenvalue weighted by Gasteiger charge is 2.09. The topological polar surface area (TPSA) is 12.0 Å². The molecule has 19 heavy (non-hydrogen) atoms. The Labute approximate surface area is 115 Å². The molecule has 1 unspecified atom stereocenters. The van der Waals surface area contributed by atoms with Gasteiger partial charge in [-0.3, -0.25) is 0 Å². The largest absolute Gasteiger partial charge is 0.309 e. The summed E-state index contributed by atoms with van der Waals surface area (Å²) in [6.07, 6.45) is 5.84. The van der Waals surface area contributed by atoms with Crippen molar-refractivity contribution in [2.75, 3.05) is 6.54 Å². The molecular formula is C18H21N. The van der Waals surface area contributed by atoms with E-state index in [1.807, 2.05) is 12.2 Å². The van der Waals surface area contributed by atoms with Crippen LogP contribution in [0, 0.1) is 0 Å². The Morgan fingerprint density at radius 2 is 1.79 bits per heavy atom. The average Bonchev–Trinajstić information content (AvgIpc) is 2.46. The van der Waals surface area contributed by atoms with Crippen LogP contribution in [0.25, 0.3) is 10.8 Å². The van der Waals surface area contributed by atoms with Crippen molar-refractivity contribution in [3.63, 3.8) is 0 Å². The minimum Gasteiger partial charge on any atom is -0.309 e. The fourth-order valence-electron chi connectivity index (χ4n) is 2.29. The monoisotopic (exact) mass is 251 g/mol. The van der Waals surface area contributed by atoms with Gasteiger partial charge < -0.3 is 5.32 Å². The molecule has 0 aliphatic rings. The summed E-state index contributed by atoms with van der Waals surface area (Å²) in [5, 5.41) is 6.14. The van der Waals surface area contributed by atoms with Crippen LogP contribution in [0.3, 0.4) is 0 Å². The van der Waals surface area contributed by atoms with Crippen molar-refractivity contribution in [3.8, 4) is 0 Å². The third-order valence-corrected chi connectivity index (χ3v) is 3.32. The first kappa shape index (κ1) is 13.6. The standard InChI is InChI=1S/C18H21N/c1-3-5-13-19-18(8-4-2)17-12-11-15-9-6-7-10-16(15)14-17/h3-4,6-7,9-12,14,18-19H,1-2,5,8,13H2. The maximum Gasteiger partial charge on any atom is 0.0355 e. The molecule has 0 bridgehead atoms. The van der Waals surface area contributed by atoms with Gasteiger partial charge in [0.15, 0.2) is 0 Å². The molecule has 1 nitrogen and oxygen atoms in total. The zero-order valence-corrected chi connectivity index (χ0v) is 11.3. The van der Waals surface area contributed by atoms with E-state index in [4.69, 9.17) is 0 Å². The molecular weight excluding hydrogens is 230 g/mol. The van der Waals surface area contributed by atoms with E-state index in [0.717, 1.165) is 19.4 Å². The lowest BCUT2D eigenvalue weighted by atomic mass is 9.99. The molecule has 1 N–H and O–H groups in total. The van der Waals surface area contributed by atoms with Crippen molar-refractivity contribution in [1.82, 2.24) is 5.32 Å². The van der Waals surface area contributed by atoms with Gasteiger partial charge in [0.25, 0.3) is 0 Å². The fraction of sp³-hybridized carbons (Fsp3) is 0.222. The third kappa shape index (κ3) is 3.55. The second-order valence-electron chi connectivity index (χ2n) is 4.72. The minimum atomic E-state index is 0.335. The van der Waals surface area contributed by atoms with E-state index in [0.29, 0.717) is 6.04 Å². The number of hydrogen-bond donors (Lipinski definition) is 1. The quantitative estimate of drug-likeness (QED) is 0.559. The second-order valence-corrected chi connectivity index (χ2v) is 4.72. The number of nitrogens with one attached hydrogen (secondary N) is 1. The molecule has 2 rings (SSSR count). The first-order valence-electron chi connectivity index (χ1n) is 6.79. The summed E-state index contributed by atoms with van der Waals surface area (Å²) in [5.74, 6) is 0. The van der Waals surface area contributed by atoms with Crippen molar-refractivity contribution in [2.45, 2.75) is 18.9 Å². The molecule has 2 aromatic carbocycles. The molecule has 0 amide bonds. The summed E-state index contributed by atoms with van der Waals surface area (Å²) in [6, 6.07) is 15.5. The van der Waals surface area contributed by atoms with Crippen LogP contribution in [0.1, 0.15) is 24.4 Å². The maximum absolute atomic E-state index is 3.86. The van der Waals surface area contributed by atoms with Crippen molar-refractivity contribution in [1.29, 1.82) is 0 Å². The highest BCUT2D eigenvalue weighted by atomic mass is 14.9. The predicted molar refractivity (Wildman–Crippen MR) is 84.3 cm³/mol. The summed E-state index contributed by atoms with van der Waals surface area (Å²) >= 11 is 0. The number of rotatable bonds is 7. The van der Waals surface area contributed by atoms with Gasteiger partial charge in [0.05, 0.1) is 0 Å². The SMILES string of the molecule is C=CCCNC(CC=C)c1ccc2ccccc2c1. The van der Waals surface area contributed by atoms with E-state index >= 15 is 0 Å². The summed E-state index contributed by atoms with van der Waals surface area (Å²) in [6.45, 7) is 8.57. The van der Waals surface area contributed by atoms with Gasteiger partial charge in [0.2, 0.25) is 0 Å². The minimum absolute atomic E-state index is 0.335. The van der Waals surface area contributed by atoms with E-state index in [-0.39, 0.29) is 0 Å². The zero-order chi connectivity index (χ0) is 13.5. The van der Waals surface area contributed by atoms with Gasteiger partial charge in [0, 0.05) is 6.04 Å². The van der Waals surface area contributed by atoms with Crippen molar-refractivity contribution in [2.24, 2.45) is 0 Å². The predicted octanol–water partition coefficient (Wildman–Crippen LogP) is 4.62. The maximum atomic E-state index is 3.86. The summed E-state index contributed by atoms with van der Waals surface area (Å²) in [7, 11) is 0. The van der Waals surface area contributed by atoms with Crippen LogP contribution in [-0.2, 0) is 0 Å². The summed E-state index contributed by atoms with van der Waals surface area (Å²) in [4.78, 5) is 0. The highest BCUT2D eigenvalue weighted by Crippen LogP contribution is 2.22. The van der Waals surface area contributed by atoms with Crippen molar-refractivity contribution in [3.05, 3.63) is 73.3 Å². The Balaban J connectivity index is 2.22. The van der Waals surface area contributed by atoms with Crippen LogP contribution in [0.15, 0.2) is 67.8 Å². The Bertz CT molecular complexity index is 556. The molecule has 0 aliphatic heterocycles. The fourth-order valence-corrected chi connectivity index (χ4v) is 2.29. The van der Waals surface area contributed by atoms with Crippen LogP contribution in [-0.4, -0.2) is 6.54 Å². The molecule has 0 aliphatic carbocycles. The molecule has 0 fully saturated rings. The first-order chi connectivity index (χ1) is 9.35. The second kappa shape index (κ2) is 6.91. The molecule has 1 heteroatoms. The van der Waals surface area contributed by atoms with E-state index in [1.165, 1.54) is 16.3 Å². The van der Waals surface area contributed by atoms with Crippen LogP contribution in [0.5, 0.6) is 0 Å². The highest BCUT2D eigenvalue weighted by molar-refractivity contribution is 5.83. The van der Waals surface area contributed by atoms with Gasteiger partial charge in [0.1, 0.15) is 0 Å². The van der Waals surface area contributed by atoms with Gasteiger partial charge in [-0.15, -0.1) is 13.2 Å². The van der Waals surface area contributed by atoms with Crippen molar-refractivity contribution < 1.29 is 0 Å². The molecule has 0 radical (unpaired) electrons. The van der Waals surface area contributed by atoms with E-state index < -0.39 is 0 Å². The Morgan fingerprint density at radius 3 is 2.53 bits per heavy atom. The van der Waals surface area contributed by atoms with Gasteiger partial charge >= 0.3 is 0 Å². The Morgan fingerprint density at radius 1 is 1.00 bits per heavy atom. The number of benzene rings is 2. The molecule has 0 spiro atoms. The first-order valence-corrected chi connectivity index (χ1v) is 6.79. The molecule has 0 saturated heterocycles. The zero-order valence-electron chi connectivity index (χ0n) is 11.3. The molecule has 1 atom stereocenters. The Kier molecular flexibility index (Phi) is 4.93. The number of fused-ring (bicyclic) bond motifs is 1. The van der Waals surface area contributed by atoms with Gasteiger partial charge in [-0.1, -0.05) is 48.6 Å². The Hall–Kier alpha value is -1.86. The third-order valence-electron chi connectivity index (χ3n) is 3.32. The van der Waals surface area contributed by atoms with Crippen molar-refractivity contribution >= 4 is 10.8 Å². The van der Waals surface area contributed by atoms with E-state index in [2.05, 4.69) is 60.9 Å². The van der Waals surface area contributed by atoms with Crippen LogP contribution in [0.2, 0.25) is 0 Å². The smallest absolute Gasteiger partial charge is 0.0355 e. The normalized spacial score (nSPS) is 12.2. The summed E-state index contributed by atoms with van der Waals surface area (Å²) in [5.41, 5.74) is 1.32. The lowest BCUT2D eigenvalue weighted by molar-refractivity contribution is 0.546.